The van der Waals surface area contributed by atoms with Crippen molar-refractivity contribution < 1.29 is 22.7 Å². The highest BCUT2D eigenvalue weighted by atomic mass is 32.2. The molecule has 7 nitrogen and oxygen atoms in total. The SMILES string of the molecule is COc1ccc(OC)c(S(=O)(=O)N2CCC[C@H](C(=O)NC(c3ccccc3)c3ccccc3)C2)c1. The third-order valence-electron chi connectivity index (χ3n) is 6.30. The van der Waals surface area contributed by atoms with Gasteiger partial charge in [-0.15, -0.1) is 0 Å². The molecule has 1 saturated heterocycles. The molecule has 0 saturated carbocycles. The number of carbonyl (C=O) groups excluding carboxylic acids is 1. The summed E-state index contributed by atoms with van der Waals surface area (Å²) in [4.78, 5) is 13.4. The van der Waals surface area contributed by atoms with Gasteiger partial charge in [0.25, 0.3) is 0 Å². The lowest BCUT2D eigenvalue weighted by Crippen LogP contribution is -2.46. The van der Waals surface area contributed by atoms with Crippen molar-refractivity contribution in [1.29, 1.82) is 0 Å². The summed E-state index contributed by atoms with van der Waals surface area (Å²) in [6.45, 7) is 0.443. The summed E-state index contributed by atoms with van der Waals surface area (Å²) >= 11 is 0. The molecule has 0 aromatic heterocycles. The average molecular weight is 495 g/mol. The summed E-state index contributed by atoms with van der Waals surface area (Å²) in [6.07, 6.45) is 1.20. The highest BCUT2D eigenvalue weighted by Crippen LogP contribution is 2.33. The molecule has 1 N–H and O–H groups in total. The standard InChI is InChI=1S/C27H30N2O5S/c1-33-23-15-16-24(34-2)25(18-23)35(31,32)29-17-9-14-22(19-29)27(30)28-26(20-10-5-3-6-11-20)21-12-7-4-8-13-21/h3-8,10-13,15-16,18,22,26H,9,14,17,19H2,1-2H3,(H,28,30)/t22-/m0/s1. The van der Waals surface area contributed by atoms with Gasteiger partial charge in [-0.05, 0) is 36.1 Å². The van der Waals surface area contributed by atoms with Crippen LogP contribution in [-0.4, -0.2) is 45.9 Å². The normalized spacial score (nSPS) is 16.6. The zero-order chi connectivity index (χ0) is 24.8. The van der Waals surface area contributed by atoms with E-state index >= 15 is 0 Å². The summed E-state index contributed by atoms with van der Waals surface area (Å²) < 4.78 is 39.0. The number of nitrogens with zero attached hydrogens (tertiary/aromatic N) is 1. The van der Waals surface area contributed by atoms with Gasteiger partial charge in [-0.3, -0.25) is 4.79 Å². The summed E-state index contributed by atoms with van der Waals surface area (Å²) in [5, 5.41) is 3.17. The Labute approximate surface area is 206 Å². The molecule has 4 rings (SSSR count). The molecule has 8 heteroatoms. The molecular weight excluding hydrogens is 464 g/mol. The van der Waals surface area contributed by atoms with E-state index in [1.165, 1.54) is 24.6 Å². The number of carbonyl (C=O) groups is 1. The van der Waals surface area contributed by atoms with Gasteiger partial charge in [0, 0.05) is 19.2 Å². The van der Waals surface area contributed by atoms with Gasteiger partial charge in [0.1, 0.15) is 16.4 Å². The Hall–Kier alpha value is -3.36. The first kappa shape index (κ1) is 24.8. The van der Waals surface area contributed by atoms with E-state index in [1.54, 1.807) is 12.1 Å². The van der Waals surface area contributed by atoms with Crippen LogP contribution in [0.1, 0.15) is 30.0 Å². The third kappa shape index (κ3) is 5.49. The fourth-order valence-corrected chi connectivity index (χ4v) is 6.10. The Kier molecular flexibility index (Phi) is 7.73. The van der Waals surface area contributed by atoms with E-state index in [-0.39, 0.29) is 29.1 Å². The Morgan fingerprint density at radius 3 is 2.14 bits per heavy atom. The summed E-state index contributed by atoms with van der Waals surface area (Å²) in [6, 6.07) is 23.9. The molecule has 0 unspecified atom stereocenters. The van der Waals surface area contributed by atoms with Crippen LogP contribution in [0.5, 0.6) is 11.5 Å². The maximum atomic E-state index is 13.5. The van der Waals surface area contributed by atoms with E-state index in [1.807, 2.05) is 60.7 Å². The average Bonchev–Trinajstić information content (AvgIpc) is 2.92. The maximum absolute atomic E-state index is 13.5. The van der Waals surface area contributed by atoms with Crippen molar-refractivity contribution >= 4 is 15.9 Å². The number of amides is 1. The van der Waals surface area contributed by atoms with Gasteiger partial charge in [-0.1, -0.05) is 60.7 Å². The van der Waals surface area contributed by atoms with E-state index in [4.69, 9.17) is 9.47 Å². The van der Waals surface area contributed by atoms with E-state index in [9.17, 15) is 13.2 Å². The number of hydrogen-bond donors (Lipinski definition) is 1. The number of nitrogens with one attached hydrogen (secondary N) is 1. The van der Waals surface area contributed by atoms with Crippen LogP contribution in [0.4, 0.5) is 0 Å². The molecular formula is C27H30N2O5S. The minimum Gasteiger partial charge on any atom is -0.497 e. The number of sulfonamides is 1. The van der Waals surface area contributed by atoms with Crippen molar-refractivity contribution in [3.05, 3.63) is 90.0 Å². The highest BCUT2D eigenvalue weighted by molar-refractivity contribution is 7.89. The fraction of sp³-hybridized carbons (Fsp3) is 0.296. The molecule has 1 heterocycles. The van der Waals surface area contributed by atoms with Crippen LogP contribution >= 0.6 is 0 Å². The zero-order valence-corrected chi connectivity index (χ0v) is 20.7. The molecule has 0 bridgehead atoms. The van der Waals surface area contributed by atoms with Crippen molar-refractivity contribution in [2.75, 3.05) is 27.3 Å². The van der Waals surface area contributed by atoms with Crippen LogP contribution in [0.3, 0.4) is 0 Å². The second-order valence-electron chi connectivity index (χ2n) is 8.48. The predicted molar refractivity (Wildman–Crippen MR) is 134 cm³/mol. The van der Waals surface area contributed by atoms with Crippen molar-refractivity contribution in [2.45, 2.75) is 23.8 Å². The molecule has 1 aliphatic heterocycles. The quantitative estimate of drug-likeness (QED) is 0.512. The Bertz CT molecular complexity index is 1210. The summed E-state index contributed by atoms with van der Waals surface area (Å²) in [7, 11) is -0.976. The number of ether oxygens (including phenoxy) is 2. The Morgan fingerprint density at radius 1 is 0.943 bits per heavy atom. The van der Waals surface area contributed by atoms with Gasteiger partial charge < -0.3 is 14.8 Å². The molecule has 3 aromatic carbocycles. The van der Waals surface area contributed by atoms with Crippen molar-refractivity contribution in [2.24, 2.45) is 5.92 Å². The van der Waals surface area contributed by atoms with Gasteiger partial charge in [0.2, 0.25) is 15.9 Å². The summed E-state index contributed by atoms with van der Waals surface area (Å²) in [5.41, 5.74) is 1.93. The largest absolute Gasteiger partial charge is 0.497 e. The predicted octanol–water partition coefficient (Wildman–Crippen LogP) is 4.01. The van der Waals surface area contributed by atoms with Gasteiger partial charge in [-0.2, -0.15) is 4.31 Å². The zero-order valence-electron chi connectivity index (χ0n) is 19.9. The fourth-order valence-electron chi connectivity index (χ4n) is 4.41. The van der Waals surface area contributed by atoms with E-state index in [0.29, 0.717) is 25.1 Å². The minimum atomic E-state index is -3.89. The van der Waals surface area contributed by atoms with Gasteiger partial charge in [0.15, 0.2) is 0 Å². The third-order valence-corrected chi connectivity index (χ3v) is 8.18. The van der Waals surface area contributed by atoms with Gasteiger partial charge in [0.05, 0.1) is 26.2 Å². The molecule has 1 aliphatic rings. The minimum absolute atomic E-state index is 0.0341. The van der Waals surface area contributed by atoms with Crippen LogP contribution in [0.25, 0.3) is 0 Å². The Morgan fingerprint density at radius 2 is 1.57 bits per heavy atom. The van der Waals surface area contributed by atoms with E-state index in [2.05, 4.69) is 5.32 Å². The molecule has 1 fully saturated rings. The molecule has 1 amide bonds. The van der Waals surface area contributed by atoms with Gasteiger partial charge in [-0.25, -0.2) is 8.42 Å². The first-order chi connectivity index (χ1) is 16.9. The molecule has 3 aromatic rings. The molecule has 0 aliphatic carbocycles. The van der Waals surface area contributed by atoms with Crippen LogP contribution in [0.2, 0.25) is 0 Å². The lowest BCUT2D eigenvalue weighted by atomic mass is 9.95. The van der Waals surface area contributed by atoms with E-state index < -0.39 is 15.9 Å². The van der Waals surface area contributed by atoms with E-state index in [0.717, 1.165) is 11.1 Å². The smallest absolute Gasteiger partial charge is 0.246 e. The molecule has 35 heavy (non-hydrogen) atoms. The highest BCUT2D eigenvalue weighted by Gasteiger charge is 2.36. The van der Waals surface area contributed by atoms with Crippen LogP contribution < -0.4 is 14.8 Å². The topological polar surface area (TPSA) is 84.9 Å². The number of benzene rings is 3. The second kappa shape index (κ2) is 10.9. The van der Waals surface area contributed by atoms with Crippen LogP contribution in [0.15, 0.2) is 83.8 Å². The number of piperidine rings is 1. The first-order valence-electron chi connectivity index (χ1n) is 11.6. The number of methoxy groups -OCH3 is 2. The monoisotopic (exact) mass is 494 g/mol. The van der Waals surface area contributed by atoms with Crippen molar-refractivity contribution in [3.63, 3.8) is 0 Å². The molecule has 0 radical (unpaired) electrons. The molecule has 0 spiro atoms. The molecule has 1 atom stereocenters. The molecule has 184 valence electrons. The summed E-state index contributed by atoms with van der Waals surface area (Å²) in [5.74, 6) is 0.0279. The van der Waals surface area contributed by atoms with Crippen molar-refractivity contribution in [1.82, 2.24) is 9.62 Å². The van der Waals surface area contributed by atoms with Crippen molar-refractivity contribution in [3.8, 4) is 11.5 Å². The maximum Gasteiger partial charge on any atom is 0.246 e. The lowest BCUT2D eigenvalue weighted by Gasteiger charge is -2.32. The van der Waals surface area contributed by atoms with Gasteiger partial charge >= 0.3 is 0 Å². The number of rotatable bonds is 8. The second-order valence-corrected chi connectivity index (χ2v) is 10.4. The number of hydrogen-bond acceptors (Lipinski definition) is 5. The first-order valence-corrected chi connectivity index (χ1v) is 13.0. The lowest BCUT2D eigenvalue weighted by molar-refractivity contribution is -0.126. The van der Waals surface area contributed by atoms with Crippen LogP contribution in [0, 0.1) is 5.92 Å². The Balaban J connectivity index is 1.56. The van der Waals surface area contributed by atoms with Crippen LogP contribution in [-0.2, 0) is 14.8 Å².